The number of hydrogen-bond acceptors (Lipinski definition) is 3. The van der Waals surface area contributed by atoms with E-state index in [0.29, 0.717) is 5.69 Å². The highest BCUT2D eigenvalue weighted by Gasteiger charge is 2.09. The molecular weight excluding hydrogens is 234 g/mol. The molecule has 0 fully saturated rings. The first kappa shape index (κ1) is 12.1. The summed E-state index contributed by atoms with van der Waals surface area (Å²) in [6.07, 6.45) is -0.542. The number of carbonyl (C=O) groups is 2. The number of amides is 1. The van der Waals surface area contributed by atoms with Crippen molar-refractivity contribution in [2.24, 2.45) is 7.05 Å². The number of hydrogen-bond donors (Lipinski definition) is 2. The molecule has 1 aromatic carbocycles. The van der Waals surface area contributed by atoms with Gasteiger partial charge in [0, 0.05) is 12.7 Å². The average molecular weight is 247 g/mol. The molecule has 1 aromatic heterocycles. The molecule has 0 bridgehead atoms. The molecule has 0 aliphatic carbocycles. The van der Waals surface area contributed by atoms with Gasteiger partial charge in [-0.05, 0) is 25.1 Å². The maximum Gasteiger partial charge on any atom is 0.312 e. The molecule has 0 atom stereocenters. The number of aliphatic carboxylic acids is 1. The Kier molecular flexibility index (Phi) is 3.01. The van der Waals surface area contributed by atoms with Crippen molar-refractivity contribution in [2.45, 2.75) is 13.3 Å². The highest BCUT2D eigenvalue weighted by molar-refractivity contribution is 6.02. The monoisotopic (exact) mass is 247 g/mol. The Bertz CT molecular complexity index is 631. The lowest BCUT2D eigenvalue weighted by molar-refractivity contribution is -0.139. The Morgan fingerprint density at radius 1 is 1.44 bits per heavy atom. The molecule has 0 radical (unpaired) electrons. The lowest BCUT2D eigenvalue weighted by Crippen LogP contribution is -2.15. The Balaban J connectivity index is 2.25. The van der Waals surface area contributed by atoms with Gasteiger partial charge in [-0.15, -0.1) is 0 Å². The molecule has 0 spiro atoms. The first-order valence-electron chi connectivity index (χ1n) is 5.42. The van der Waals surface area contributed by atoms with Crippen LogP contribution in [0.4, 0.5) is 5.69 Å². The lowest BCUT2D eigenvalue weighted by atomic mass is 10.2. The molecule has 6 nitrogen and oxygen atoms in total. The predicted molar refractivity (Wildman–Crippen MR) is 66.3 cm³/mol. The van der Waals surface area contributed by atoms with Crippen LogP contribution >= 0.6 is 0 Å². The molecule has 0 saturated carbocycles. The van der Waals surface area contributed by atoms with Gasteiger partial charge in [-0.1, -0.05) is 0 Å². The summed E-state index contributed by atoms with van der Waals surface area (Å²) >= 11 is 0. The summed E-state index contributed by atoms with van der Waals surface area (Å²) in [6, 6.07) is 5.29. The summed E-state index contributed by atoms with van der Waals surface area (Å²) in [7, 11) is 1.91. The Hall–Kier alpha value is -2.37. The van der Waals surface area contributed by atoms with E-state index in [2.05, 4.69) is 10.3 Å². The van der Waals surface area contributed by atoms with Crippen LogP contribution < -0.4 is 5.32 Å². The van der Waals surface area contributed by atoms with E-state index in [9.17, 15) is 9.59 Å². The minimum absolute atomic E-state index is 0.542. The van der Waals surface area contributed by atoms with Gasteiger partial charge in [0.05, 0.1) is 11.0 Å². The maximum absolute atomic E-state index is 11.3. The van der Waals surface area contributed by atoms with Gasteiger partial charge in [0.15, 0.2) is 0 Å². The fraction of sp³-hybridized carbons (Fsp3) is 0.250. The SMILES string of the molecule is Cc1nc2cc(NC(=O)CC(=O)O)ccc2n1C. The van der Waals surface area contributed by atoms with E-state index in [4.69, 9.17) is 5.11 Å². The van der Waals surface area contributed by atoms with Gasteiger partial charge in [0.2, 0.25) is 5.91 Å². The molecule has 2 N–H and O–H groups in total. The zero-order chi connectivity index (χ0) is 13.3. The van der Waals surface area contributed by atoms with Gasteiger partial charge < -0.3 is 15.0 Å². The highest BCUT2D eigenvalue weighted by Crippen LogP contribution is 2.19. The number of benzene rings is 1. The molecule has 6 heteroatoms. The van der Waals surface area contributed by atoms with Crippen LogP contribution in [0.2, 0.25) is 0 Å². The molecule has 0 aliphatic rings. The quantitative estimate of drug-likeness (QED) is 0.800. The first-order valence-corrected chi connectivity index (χ1v) is 5.42. The Morgan fingerprint density at radius 3 is 2.83 bits per heavy atom. The maximum atomic E-state index is 11.3. The third-order valence-corrected chi connectivity index (χ3v) is 2.70. The van der Waals surface area contributed by atoms with Crippen molar-refractivity contribution in [3.05, 3.63) is 24.0 Å². The molecule has 0 aliphatic heterocycles. The van der Waals surface area contributed by atoms with Crippen LogP contribution in [0.15, 0.2) is 18.2 Å². The fourth-order valence-corrected chi connectivity index (χ4v) is 1.74. The van der Waals surface area contributed by atoms with E-state index in [1.165, 1.54) is 0 Å². The summed E-state index contributed by atoms with van der Waals surface area (Å²) < 4.78 is 1.94. The van der Waals surface area contributed by atoms with E-state index in [0.717, 1.165) is 16.9 Å². The number of fused-ring (bicyclic) bond motifs is 1. The number of anilines is 1. The second-order valence-electron chi connectivity index (χ2n) is 4.04. The zero-order valence-corrected chi connectivity index (χ0v) is 10.1. The molecule has 0 unspecified atom stereocenters. The Labute approximate surface area is 103 Å². The highest BCUT2D eigenvalue weighted by atomic mass is 16.4. The predicted octanol–water partition coefficient (Wildman–Crippen LogP) is 1.29. The van der Waals surface area contributed by atoms with Crippen LogP contribution in [0.3, 0.4) is 0 Å². The van der Waals surface area contributed by atoms with E-state index >= 15 is 0 Å². The molecule has 0 saturated heterocycles. The molecule has 1 amide bonds. The third kappa shape index (κ3) is 2.32. The van der Waals surface area contributed by atoms with Crippen LogP contribution in [0, 0.1) is 6.92 Å². The number of imidazole rings is 1. The van der Waals surface area contributed by atoms with E-state index in [1.807, 2.05) is 24.6 Å². The van der Waals surface area contributed by atoms with Gasteiger partial charge in [-0.3, -0.25) is 9.59 Å². The smallest absolute Gasteiger partial charge is 0.312 e. The number of rotatable bonds is 3. The third-order valence-electron chi connectivity index (χ3n) is 2.70. The minimum Gasteiger partial charge on any atom is -0.481 e. The summed E-state index contributed by atoms with van der Waals surface area (Å²) in [5, 5.41) is 11.0. The zero-order valence-electron chi connectivity index (χ0n) is 10.1. The van der Waals surface area contributed by atoms with Crippen molar-refractivity contribution in [3.8, 4) is 0 Å². The average Bonchev–Trinajstić information content (AvgIpc) is 2.53. The van der Waals surface area contributed by atoms with Gasteiger partial charge in [0.25, 0.3) is 0 Å². The van der Waals surface area contributed by atoms with Crippen molar-refractivity contribution < 1.29 is 14.7 Å². The van der Waals surface area contributed by atoms with Gasteiger partial charge >= 0.3 is 5.97 Å². The molecule has 1 heterocycles. The van der Waals surface area contributed by atoms with Gasteiger partial charge in [0.1, 0.15) is 12.2 Å². The first-order chi connectivity index (χ1) is 8.47. The van der Waals surface area contributed by atoms with Gasteiger partial charge in [-0.2, -0.15) is 0 Å². The molecule has 2 rings (SSSR count). The van der Waals surface area contributed by atoms with Crippen molar-refractivity contribution in [1.82, 2.24) is 9.55 Å². The standard InChI is InChI=1S/C12H13N3O3/c1-7-13-9-5-8(3-4-10(9)15(7)2)14-11(16)6-12(17)18/h3-5H,6H2,1-2H3,(H,14,16)(H,17,18). The normalized spacial score (nSPS) is 10.6. The summed E-state index contributed by atoms with van der Waals surface area (Å²) in [5.41, 5.74) is 2.28. The number of nitrogens with one attached hydrogen (secondary N) is 1. The van der Waals surface area contributed by atoms with Crippen molar-refractivity contribution in [2.75, 3.05) is 5.32 Å². The second kappa shape index (κ2) is 4.48. The summed E-state index contributed by atoms with van der Waals surface area (Å²) in [4.78, 5) is 26.0. The Morgan fingerprint density at radius 2 is 2.17 bits per heavy atom. The van der Waals surface area contributed by atoms with Gasteiger partial charge in [-0.25, -0.2) is 4.98 Å². The van der Waals surface area contributed by atoms with Crippen LogP contribution in [-0.2, 0) is 16.6 Å². The number of nitrogens with zero attached hydrogens (tertiary/aromatic N) is 2. The largest absolute Gasteiger partial charge is 0.481 e. The summed E-state index contributed by atoms with van der Waals surface area (Å²) in [6.45, 7) is 1.89. The molecular formula is C12H13N3O3. The van der Waals surface area contributed by atoms with Crippen molar-refractivity contribution in [1.29, 1.82) is 0 Å². The number of aromatic nitrogens is 2. The number of aryl methyl sites for hydroxylation is 2. The molecule has 2 aromatic rings. The lowest BCUT2D eigenvalue weighted by Gasteiger charge is -2.03. The number of carboxylic acid groups (broad SMARTS) is 1. The van der Waals surface area contributed by atoms with Crippen molar-refractivity contribution >= 4 is 28.6 Å². The van der Waals surface area contributed by atoms with E-state index in [1.54, 1.807) is 12.1 Å². The van der Waals surface area contributed by atoms with Crippen molar-refractivity contribution in [3.63, 3.8) is 0 Å². The molecule has 18 heavy (non-hydrogen) atoms. The fourth-order valence-electron chi connectivity index (χ4n) is 1.74. The number of carbonyl (C=O) groups excluding carboxylic acids is 1. The van der Waals surface area contributed by atoms with E-state index < -0.39 is 18.3 Å². The topological polar surface area (TPSA) is 84.2 Å². The van der Waals surface area contributed by atoms with E-state index in [-0.39, 0.29) is 0 Å². The summed E-state index contributed by atoms with van der Waals surface area (Å²) in [5.74, 6) is -0.823. The van der Waals surface area contributed by atoms with Crippen LogP contribution in [0.25, 0.3) is 11.0 Å². The second-order valence-corrected chi connectivity index (χ2v) is 4.04. The van der Waals surface area contributed by atoms with Crippen LogP contribution in [0.1, 0.15) is 12.2 Å². The molecule has 94 valence electrons. The van der Waals surface area contributed by atoms with Crippen LogP contribution in [0.5, 0.6) is 0 Å². The van der Waals surface area contributed by atoms with Crippen LogP contribution in [-0.4, -0.2) is 26.5 Å². The number of carboxylic acids is 1. The minimum atomic E-state index is -1.15.